The van der Waals surface area contributed by atoms with Crippen molar-refractivity contribution >= 4 is 12.1 Å². The Morgan fingerprint density at radius 2 is 2.05 bits per heavy atom. The molecule has 1 fully saturated rings. The number of hydrogen-bond acceptors (Lipinski definition) is 4. The molecule has 0 saturated heterocycles. The average Bonchev–Trinajstić information content (AvgIpc) is 2.40. The third kappa shape index (κ3) is 3.21. The number of aromatic nitrogens is 1. The first-order valence-electron chi connectivity index (χ1n) is 6.26. The third-order valence-electron chi connectivity index (χ3n) is 3.30. The largest absolute Gasteiger partial charge is 0.480 e. The van der Waals surface area contributed by atoms with E-state index in [9.17, 15) is 14.7 Å². The third-order valence-corrected chi connectivity index (χ3v) is 3.30. The molecular formula is C13H16N2O4. The van der Waals surface area contributed by atoms with Crippen molar-refractivity contribution in [1.29, 1.82) is 0 Å². The number of rotatable bonds is 3. The van der Waals surface area contributed by atoms with Gasteiger partial charge in [0.15, 0.2) is 5.75 Å². The molecule has 6 heteroatoms. The summed E-state index contributed by atoms with van der Waals surface area (Å²) >= 11 is 0. The zero-order valence-electron chi connectivity index (χ0n) is 10.5. The molecule has 102 valence electrons. The van der Waals surface area contributed by atoms with E-state index in [0.717, 1.165) is 19.3 Å². The van der Waals surface area contributed by atoms with Crippen LogP contribution in [0.2, 0.25) is 0 Å². The number of carboxylic acid groups (broad SMARTS) is 1. The SMILES string of the molecule is O=C(NC1(C(=O)O)CCCCC1)Oc1cccnc1. The molecule has 0 bridgehead atoms. The Balaban J connectivity index is 2.01. The lowest BCUT2D eigenvalue weighted by Crippen LogP contribution is -2.56. The number of hydrogen-bond donors (Lipinski definition) is 2. The normalized spacial score (nSPS) is 17.5. The Morgan fingerprint density at radius 3 is 2.63 bits per heavy atom. The van der Waals surface area contributed by atoms with Gasteiger partial charge >= 0.3 is 12.1 Å². The number of nitrogens with zero attached hydrogens (tertiary/aromatic N) is 1. The number of carboxylic acids is 1. The summed E-state index contributed by atoms with van der Waals surface area (Å²) < 4.78 is 5.02. The molecule has 1 aliphatic rings. The number of pyridine rings is 1. The summed E-state index contributed by atoms with van der Waals surface area (Å²) in [5, 5.41) is 11.8. The van der Waals surface area contributed by atoms with Crippen molar-refractivity contribution in [3.63, 3.8) is 0 Å². The number of amides is 1. The average molecular weight is 264 g/mol. The number of carbonyl (C=O) groups excluding carboxylic acids is 1. The van der Waals surface area contributed by atoms with Crippen molar-refractivity contribution in [2.24, 2.45) is 0 Å². The summed E-state index contributed by atoms with van der Waals surface area (Å²) in [6.07, 6.45) is 5.65. The highest BCUT2D eigenvalue weighted by atomic mass is 16.6. The van der Waals surface area contributed by atoms with Crippen molar-refractivity contribution in [3.8, 4) is 5.75 Å². The second-order valence-corrected chi connectivity index (χ2v) is 4.65. The van der Waals surface area contributed by atoms with E-state index in [0.29, 0.717) is 12.8 Å². The van der Waals surface area contributed by atoms with E-state index in [1.807, 2.05) is 0 Å². The highest BCUT2D eigenvalue weighted by Crippen LogP contribution is 2.28. The molecule has 1 saturated carbocycles. The minimum atomic E-state index is -1.20. The van der Waals surface area contributed by atoms with Gasteiger partial charge in [-0.05, 0) is 25.0 Å². The lowest BCUT2D eigenvalue weighted by molar-refractivity contribution is -0.146. The molecule has 0 spiro atoms. The fourth-order valence-corrected chi connectivity index (χ4v) is 2.28. The van der Waals surface area contributed by atoms with Crippen LogP contribution >= 0.6 is 0 Å². The van der Waals surface area contributed by atoms with E-state index in [2.05, 4.69) is 10.3 Å². The van der Waals surface area contributed by atoms with E-state index in [1.165, 1.54) is 6.20 Å². The lowest BCUT2D eigenvalue weighted by atomic mass is 9.82. The molecule has 19 heavy (non-hydrogen) atoms. The Bertz CT molecular complexity index is 455. The Morgan fingerprint density at radius 1 is 1.32 bits per heavy atom. The molecule has 1 amide bonds. The zero-order valence-corrected chi connectivity index (χ0v) is 10.5. The lowest BCUT2D eigenvalue weighted by Gasteiger charge is -2.33. The van der Waals surface area contributed by atoms with Gasteiger partial charge < -0.3 is 15.2 Å². The van der Waals surface area contributed by atoms with Gasteiger partial charge in [-0.2, -0.15) is 0 Å². The van der Waals surface area contributed by atoms with Gasteiger partial charge in [-0.15, -0.1) is 0 Å². The standard InChI is InChI=1S/C13H16N2O4/c16-11(17)13(6-2-1-3-7-13)15-12(18)19-10-5-4-8-14-9-10/h4-5,8-9H,1-3,6-7H2,(H,15,18)(H,16,17). The van der Waals surface area contributed by atoms with Gasteiger partial charge in [-0.1, -0.05) is 19.3 Å². The summed E-state index contributed by atoms with van der Waals surface area (Å²) in [6, 6.07) is 3.22. The summed E-state index contributed by atoms with van der Waals surface area (Å²) in [6.45, 7) is 0. The molecule has 0 aromatic carbocycles. The number of nitrogens with one attached hydrogen (secondary N) is 1. The van der Waals surface area contributed by atoms with Crippen LogP contribution in [-0.2, 0) is 4.79 Å². The van der Waals surface area contributed by atoms with Gasteiger partial charge in [0.1, 0.15) is 5.54 Å². The highest BCUT2D eigenvalue weighted by molar-refractivity contribution is 5.85. The number of aliphatic carboxylic acids is 1. The van der Waals surface area contributed by atoms with Crippen LogP contribution in [0.4, 0.5) is 4.79 Å². The van der Waals surface area contributed by atoms with Gasteiger partial charge in [0, 0.05) is 6.20 Å². The van der Waals surface area contributed by atoms with Gasteiger partial charge in [-0.25, -0.2) is 9.59 Å². The molecule has 0 atom stereocenters. The van der Waals surface area contributed by atoms with Crippen molar-refractivity contribution in [2.45, 2.75) is 37.6 Å². The summed E-state index contributed by atoms with van der Waals surface area (Å²) in [5.74, 6) is -0.716. The first-order chi connectivity index (χ1) is 9.12. The second kappa shape index (κ2) is 5.69. The van der Waals surface area contributed by atoms with E-state index >= 15 is 0 Å². The molecule has 1 aromatic rings. The van der Waals surface area contributed by atoms with Gasteiger partial charge in [0.25, 0.3) is 0 Å². The zero-order chi connectivity index (χ0) is 13.7. The predicted molar refractivity (Wildman–Crippen MR) is 66.8 cm³/mol. The van der Waals surface area contributed by atoms with Crippen LogP contribution in [0.25, 0.3) is 0 Å². The maximum Gasteiger partial charge on any atom is 0.413 e. The molecule has 1 aliphatic carbocycles. The molecule has 0 aliphatic heterocycles. The predicted octanol–water partition coefficient (Wildman–Crippen LogP) is 1.96. The van der Waals surface area contributed by atoms with Crippen molar-refractivity contribution in [2.75, 3.05) is 0 Å². The summed E-state index contributed by atoms with van der Waals surface area (Å²) in [5.41, 5.74) is -1.20. The van der Waals surface area contributed by atoms with Gasteiger partial charge in [0.2, 0.25) is 0 Å². The van der Waals surface area contributed by atoms with Crippen molar-refractivity contribution < 1.29 is 19.4 Å². The minimum Gasteiger partial charge on any atom is -0.480 e. The Hall–Kier alpha value is -2.11. The van der Waals surface area contributed by atoms with Gasteiger partial charge in [-0.3, -0.25) is 4.98 Å². The monoisotopic (exact) mass is 264 g/mol. The van der Waals surface area contributed by atoms with Crippen molar-refractivity contribution in [3.05, 3.63) is 24.5 Å². The molecule has 6 nitrogen and oxygen atoms in total. The number of carbonyl (C=O) groups is 2. The summed E-state index contributed by atoms with van der Waals surface area (Å²) in [7, 11) is 0. The number of ether oxygens (including phenoxy) is 1. The topological polar surface area (TPSA) is 88.5 Å². The molecule has 2 rings (SSSR count). The van der Waals surface area contributed by atoms with E-state index < -0.39 is 17.6 Å². The van der Waals surface area contributed by atoms with Crippen LogP contribution in [0, 0.1) is 0 Å². The fraction of sp³-hybridized carbons (Fsp3) is 0.462. The molecule has 0 unspecified atom stereocenters. The van der Waals surface area contributed by atoms with E-state index in [1.54, 1.807) is 18.3 Å². The van der Waals surface area contributed by atoms with Crippen LogP contribution in [0.1, 0.15) is 32.1 Å². The quantitative estimate of drug-likeness (QED) is 0.871. The smallest absolute Gasteiger partial charge is 0.413 e. The van der Waals surface area contributed by atoms with Crippen molar-refractivity contribution in [1.82, 2.24) is 10.3 Å². The Kier molecular flexibility index (Phi) is 3.99. The maximum atomic E-state index is 11.8. The summed E-state index contributed by atoms with van der Waals surface area (Å²) in [4.78, 5) is 27.0. The molecule has 1 aromatic heterocycles. The molecule has 0 radical (unpaired) electrons. The van der Waals surface area contributed by atoms with Crippen LogP contribution in [0.3, 0.4) is 0 Å². The minimum absolute atomic E-state index is 0.288. The van der Waals surface area contributed by atoms with Gasteiger partial charge in [0.05, 0.1) is 6.20 Å². The van der Waals surface area contributed by atoms with Crippen LogP contribution in [-0.4, -0.2) is 27.7 Å². The Labute approximate surface area is 110 Å². The van der Waals surface area contributed by atoms with Crippen LogP contribution in [0.5, 0.6) is 5.75 Å². The first kappa shape index (κ1) is 13.3. The van der Waals surface area contributed by atoms with Crippen LogP contribution < -0.4 is 10.1 Å². The first-order valence-corrected chi connectivity index (χ1v) is 6.26. The fourth-order valence-electron chi connectivity index (χ4n) is 2.28. The van der Waals surface area contributed by atoms with E-state index in [4.69, 9.17) is 4.74 Å². The maximum absolute atomic E-state index is 11.8. The molecule has 2 N–H and O–H groups in total. The highest BCUT2D eigenvalue weighted by Gasteiger charge is 2.41. The van der Waals surface area contributed by atoms with E-state index in [-0.39, 0.29) is 5.75 Å². The second-order valence-electron chi connectivity index (χ2n) is 4.65. The molecule has 1 heterocycles. The molecular weight excluding hydrogens is 248 g/mol. The van der Waals surface area contributed by atoms with Crippen LogP contribution in [0.15, 0.2) is 24.5 Å².